The molecular weight excluding hydrogens is 295 g/mol. The van der Waals surface area contributed by atoms with Crippen molar-refractivity contribution >= 4 is 52.2 Å². The molecule has 0 radical (unpaired) electrons. The van der Waals surface area contributed by atoms with Crippen LogP contribution in [0.2, 0.25) is 10.0 Å². The fourth-order valence-corrected chi connectivity index (χ4v) is 1.74. The number of carbonyl (C=O) groups excluding carboxylic acids is 1. The summed E-state index contributed by atoms with van der Waals surface area (Å²) in [5.74, 6) is -1.08. The number of nitrogens with one attached hydrogen (secondary N) is 2. The third-order valence-electron chi connectivity index (χ3n) is 2.02. The first-order valence-electron chi connectivity index (χ1n) is 5.19. The van der Waals surface area contributed by atoms with Gasteiger partial charge in [0.1, 0.15) is 0 Å². The molecule has 0 amide bonds. The molecule has 0 fully saturated rings. The summed E-state index contributed by atoms with van der Waals surface area (Å²) < 4.78 is 0. The Morgan fingerprint density at radius 2 is 2.11 bits per heavy atom. The van der Waals surface area contributed by atoms with Crippen LogP contribution in [0.5, 0.6) is 0 Å². The van der Waals surface area contributed by atoms with Crippen LogP contribution in [-0.2, 0) is 4.79 Å². The van der Waals surface area contributed by atoms with Crippen molar-refractivity contribution in [2.24, 2.45) is 0 Å². The Morgan fingerprint density at radius 1 is 1.39 bits per heavy atom. The van der Waals surface area contributed by atoms with Crippen molar-refractivity contribution < 1.29 is 9.90 Å². The van der Waals surface area contributed by atoms with E-state index in [0.29, 0.717) is 33.8 Å². The molecule has 0 unspecified atom stereocenters. The molecule has 0 heterocycles. The van der Waals surface area contributed by atoms with Crippen LogP contribution in [0, 0.1) is 0 Å². The van der Waals surface area contributed by atoms with Crippen molar-refractivity contribution in [1.82, 2.24) is 5.32 Å². The molecule has 1 aromatic rings. The molecule has 4 nitrogen and oxygen atoms in total. The third kappa shape index (κ3) is 5.53. The second kappa shape index (κ2) is 7.41. The minimum Gasteiger partial charge on any atom is -0.550 e. The SMILES string of the molecule is O=C([O-])CCCNC(=S)Nc1cc(Cl)ccc1Cl. The van der Waals surface area contributed by atoms with Gasteiger partial charge in [0, 0.05) is 17.5 Å². The first-order chi connectivity index (χ1) is 8.49. The monoisotopic (exact) mass is 305 g/mol. The van der Waals surface area contributed by atoms with Crippen LogP contribution in [0.3, 0.4) is 0 Å². The highest BCUT2D eigenvalue weighted by molar-refractivity contribution is 7.80. The quantitative estimate of drug-likeness (QED) is 0.641. The van der Waals surface area contributed by atoms with Crippen LogP contribution in [-0.4, -0.2) is 17.6 Å². The van der Waals surface area contributed by atoms with Crippen molar-refractivity contribution in [3.63, 3.8) is 0 Å². The summed E-state index contributed by atoms with van der Waals surface area (Å²) in [5.41, 5.74) is 0.599. The second-order valence-electron chi connectivity index (χ2n) is 3.48. The highest BCUT2D eigenvalue weighted by Crippen LogP contribution is 2.25. The summed E-state index contributed by atoms with van der Waals surface area (Å²) in [6.07, 6.45) is 0.432. The first-order valence-corrected chi connectivity index (χ1v) is 6.35. The summed E-state index contributed by atoms with van der Waals surface area (Å²) >= 11 is 16.8. The molecule has 7 heteroatoms. The Morgan fingerprint density at radius 3 is 2.78 bits per heavy atom. The van der Waals surface area contributed by atoms with Crippen molar-refractivity contribution in [3.8, 4) is 0 Å². The summed E-state index contributed by atoms with van der Waals surface area (Å²) in [5, 5.41) is 17.3. The number of thiocarbonyl (C=S) groups is 1. The molecule has 0 spiro atoms. The van der Waals surface area contributed by atoms with Crippen LogP contribution >= 0.6 is 35.4 Å². The van der Waals surface area contributed by atoms with Gasteiger partial charge in [0.25, 0.3) is 0 Å². The zero-order valence-electron chi connectivity index (χ0n) is 9.33. The normalized spacial score (nSPS) is 9.89. The summed E-state index contributed by atoms with van der Waals surface area (Å²) in [6.45, 7) is 0.442. The Balaban J connectivity index is 2.40. The van der Waals surface area contributed by atoms with Gasteiger partial charge in [-0.3, -0.25) is 0 Å². The van der Waals surface area contributed by atoms with E-state index in [1.165, 1.54) is 0 Å². The van der Waals surface area contributed by atoms with Gasteiger partial charge in [0.15, 0.2) is 5.11 Å². The third-order valence-corrected chi connectivity index (χ3v) is 2.83. The van der Waals surface area contributed by atoms with Gasteiger partial charge in [-0.25, -0.2) is 0 Å². The standard InChI is InChI=1S/C11H12Cl2N2O2S/c12-7-3-4-8(13)9(6-7)15-11(18)14-5-1-2-10(16)17/h3-4,6H,1-2,5H2,(H,16,17)(H2,14,15,18)/p-1. The van der Waals surface area contributed by atoms with E-state index in [0.717, 1.165) is 0 Å². The number of carbonyl (C=O) groups is 1. The van der Waals surface area contributed by atoms with E-state index in [4.69, 9.17) is 35.4 Å². The molecule has 0 aliphatic rings. The molecule has 0 bridgehead atoms. The van der Waals surface area contributed by atoms with Gasteiger partial charge < -0.3 is 20.5 Å². The van der Waals surface area contributed by atoms with Crippen LogP contribution in [0.25, 0.3) is 0 Å². The number of carboxylic acids is 1. The van der Waals surface area contributed by atoms with E-state index in [1.54, 1.807) is 18.2 Å². The van der Waals surface area contributed by atoms with E-state index in [2.05, 4.69) is 10.6 Å². The van der Waals surface area contributed by atoms with Crippen LogP contribution in [0.4, 0.5) is 5.69 Å². The highest BCUT2D eigenvalue weighted by atomic mass is 35.5. The maximum Gasteiger partial charge on any atom is 0.170 e. The lowest BCUT2D eigenvalue weighted by Gasteiger charge is -2.12. The van der Waals surface area contributed by atoms with Crippen LogP contribution in [0.15, 0.2) is 18.2 Å². The molecule has 2 N–H and O–H groups in total. The number of benzene rings is 1. The predicted octanol–water partition coefficient (Wildman–Crippen LogP) is 1.81. The van der Waals surface area contributed by atoms with Gasteiger partial charge in [-0.05, 0) is 43.3 Å². The van der Waals surface area contributed by atoms with Crippen molar-refractivity contribution in [2.45, 2.75) is 12.8 Å². The molecule has 0 aliphatic heterocycles. The molecule has 0 aliphatic carbocycles. The van der Waals surface area contributed by atoms with Gasteiger partial charge in [0.2, 0.25) is 0 Å². The average molecular weight is 306 g/mol. The van der Waals surface area contributed by atoms with E-state index in [1.807, 2.05) is 0 Å². The predicted molar refractivity (Wildman–Crippen MR) is 74.9 cm³/mol. The zero-order chi connectivity index (χ0) is 13.5. The van der Waals surface area contributed by atoms with E-state index < -0.39 is 5.97 Å². The summed E-state index contributed by atoms with van der Waals surface area (Å²) in [6, 6.07) is 4.98. The number of hydrogen-bond donors (Lipinski definition) is 2. The van der Waals surface area contributed by atoms with Gasteiger partial charge in [-0.15, -0.1) is 0 Å². The van der Waals surface area contributed by atoms with Gasteiger partial charge >= 0.3 is 0 Å². The fourth-order valence-electron chi connectivity index (χ4n) is 1.19. The Labute approximate surface area is 120 Å². The average Bonchev–Trinajstić information content (AvgIpc) is 2.29. The minimum absolute atomic E-state index is 0.00641. The Bertz CT molecular complexity index is 455. The summed E-state index contributed by atoms with van der Waals surface area (Å²) in [4.78, 5) is 10.2. The molecule has 0 saturated heterocycles. The maximum absolute atomic E-state index is 10.2. The van der Waals surface area contributed by atoms with Gasteiger partial charge in [-0.2, -0.15) is 0 Å². The molecule has 0 atom stereocenters. The molecule has 0 aromatic heterocycles. The first kappa shape index (κ1) is 15.0. The molecule has 18 heavy (non-hydrogen) atoms. The number of rotatable bonds is 5. The summed E-state index contributed by atoms with van der Waals surface area (Å²) in [7, 11) is 0. The smallest absolute Gasteiger partial charge is 0.170 e. The number of anilines is 1. The molecular formula is C11H11Cl2N2O2S-. The fraction of sp³-hybridized carbons (Fsp3) is 0.273. The molecule has 0 saturated carbocycles. The van der Waals surface area contributed by atoms with E-state index >= 15 is 0 Å². The van der Waals surface area contributed by atoms with E-state index in [9.17, 15) is 9.90 Å². The van der Waals surface area contributed by atoms with Crippen molar-refractivity contribution in [2.75, 3.05) is 11.9 Å². The molecule has 1 aromatic carbocycles. The number of aliphatic carboxylic acids is 1. The maximum atomic E-state index is 10.2. The van der Waals surface area contributed by atoms with Gasteiger partial charge in [0.05, 0.1) is 10.7 Å². The Kier molecular flexibility index (Phi) is 6.18. The Hall–Kier alpha value is -1.04. The zero-order valence-corrected chi connectivity index (χ0v) is 11.7. The number of carboxylic acid groups (broad SMARTS) is 1. The highest BCUT2D eigenvalue weighted by Gasteiger charge is 2.03. The van der Waals surface area contributed by atoms with E-state index in [-0.39, 0.29) is 6.42 Å². The lowest BCUT2D eigenvalue weighted by molar-refractivity contribution is -0.305. The van der Waals surface area contributed by atoms with Gasteiger partial charge in [-0.1, -0.05) is 23.2 Å². The van der Waals surface area contributed by atoms with Crippen LogP contribution in [0.1, 0.15) is 12.8 Å². The molecule has 1 rings (SSSR count). The largest absolute Gasteiger partial charge is 0.550 e. The lowest BCUT2D eigenvalue weighted by atomic mass is 10.3. The van der Waals surface area contributed by atoms with Crippen LogP contribution < -0.4 is 15.7 Å². The number of halogens is 2. The van der Waals surface area contributed by atoms with Crippen molar-refractivity contribution in [1.29, 1.82) is 0 Å². The topological polar surface area (TPSA) is 64.2 Å². The second-order valence-corrected chi connectivity index (χ2v) is 4.73. The molecule has 98 valence electrons. The minimum atomic E-state index is -1.08. The number of hydrogen-bond acceptors (Lipinski definition) is 3. The lowest BCUT2D eigenvalue weighted by Crippen LogP contribution is -2.30. The van der Waals surface area contributed by atoms with Crippen molar-refractivity contribution in [3.05, 3.63) is 28.2 Å².